The van der Waals surface area contributed by atoms with E-state index < -0.39 is 5.95 Å². The molecule has 0 aliphatic carbocycles. The predicted octanol–water partition coefficient (Wildman–Crippen LogP) is 4.08. The van der Waals surface area contributed by atoms with E-state index in [2.05, 4.69) is 37.8 Å². The van der Waals surface area contributed by atoms with Crippen molar-refractivity contribution in [1.29, 1.82) is 0 Å². The highest BCUT2D eigenvalue weighted by atomic mass is 32.1. The molecule has 3 aromatic heterocycles. The summed E-state index contributed by atoms with van der Waals surface area (Å²) in [6, 6.07) is 8.78. The van der Waals surface area contributed by atoms with Gasteiger partial charge >= 0.3 is 6.01 Å². The van der Waals surface area contributed by atoms with E-state index in [9.17, 15) is 9.18 Å². The number of amides is 1. The summed E-state index contributed by atoms with van der Waals surface area (Å²) in [6.07, 6.45) is 0.853. The molecule has 11 heteroatoms. The Balaban J connectivity index is 1.47. The summed E-state index contributed by atoms with van der Waals surface area (Å²) in [5.41, 5.74) is 1.58. The summed E-state index contributed by atoms with van der Waals surface area (Å²) in [5, 5.41) is 11.5. The number of nitrogens with zero attached hydrogens (tertiary/aromatic N) is 3. The second kappa shape index (κ2) is 9.35. The van der Waals surface area contributed by atoms with Crippen LogP contribution in [0.25, 0.3) is 21.0 Å². The van der Waals surface area contributed by atoms with E-state index in [0.29, 0.717) is 23.8 Å². The standard InChI is InChI=1S/C23H23FN6O3S/c1-3-12-11-25-20-19-13-4-7-17(27-14(13)5-6-15(19)34-21(20)22(31)26-12)29-18-10-16(24)28-23(30-18)33-9-8-32-2/h4-7,10,12,25H,3,8-9,11H2,1-2H3,(H,26,31)(H,27,28,29,30)/t12-/m1/s1. The second-order valence-corrected chi connectivity index (χ2v) is 8.84. The van der Waals surface area contributed by atoms with Gasteiger partial charge in [0.05, 0.1) is 17.8 Å². The van der Waals surface area contributed by atoms with Gasteiger partial charge in [-0.1, -0.05) is 6.92 Å². The first-order chi connectivity index (χ1) is 16.6. The SMILES string of the molecule is CC[C@@H]1CNc2c(sc3ccc4nc(Nc5cc(F)nc(OCCOC)n5)ccc4c23)C(=O)N1. The Hall–Kier alpha value is -3.57. The topological polar surface area (TPSA) is 110 Å². The van der Waals surface area contributed by atoms with Crippen molar-refractivity contribution in [1.82, 2.24) is 20.3 Å². The van der Waals surface area contributed by atoms with Crippen molar-refractivity contribution in [2.75, 3.05) is 37.5 Å². The van der Waals surface area contributed by atoms with Crippen molar-refractivity contribution in [2.24, 2.45) is 0 Å². The van der Waals surface area contributed by atoms with E-state index in [1.807, 2.05) is 18.2 Å². The molecule has 5 rings (SSSR count). The van der Waals surface area contributed by atoms with E-state index in [-0.39, 0.29) is 30.4 Å². The van der Waals surface area contributed by atoms with Crippen molar-refractivity contribution in [3.63, 3.8) is 0 Å². The number of ether oxygens (including phenoxy) is 2. The first-order valence-electron chi connectivity index (χ1n) is 10.9. The zero-order chi connectivity index (χ0) is 23.7. The predicted molar refractivity (Wildman–Crippen MR) is 130 cm³/mol. The Morgan fingerprint density at radius 3 is 2.88 bits per heavy atom. The molecule has 0 saturated heterocycles. The van der Waals surface area contributed by atoms with Crippen LogP contribution in [-0.2, 0) is 4.74 Å². The number of carbonyl (C=O) groups is 1. The van der Waals surface area contributed by atoms with Crippen LogP contribution in [0.2, 0.25) is 0 Å². The van der Waals surface area contributed by atoms with Crippen molar-refractivity contribution in [3.8, 4) is 6.01 Å². The number of aromatic nitrogens is 3. The summed E-state index contributed by atoms with van der Waals surface area (Å²) in [4.78, 5) is 25.9. The van der Waals surface area contributed by atoms with Crippen LogP contribution in [0.4, 0.5) is 21.7 Å². The van der Waals surface area contributed by atoms with E-state index in [1.54, 1.807) is 13.2 Å². The Morgan fingerprint density at radius 1 is 1.18 bits per heavy atom. The van der Waals surface area contributed by atoms with E-state index >= 15 is 0 Å². The largest absolute Gasteiger partial charge is 0.461 e. The minimum absolute atomic E-state index is 0.0539. The molecule has 0 fully saturated rings. The molecule has 1 amide bonds. The number of carbonyl (C=O) groups excluding carboxylic acids is 1. The van der Waals surface area contributed by atoms with Crippen LogP contribution in [0, 0.1) is 5.95 Å². The van der Waals surface area contributed by atoms with Gasteiger partial charge in [-0.25, -0.2) is 4.98 Å². The fourth-order valence-corrected chi connectivity index (χ4v) is 4.94. The molecule has 9 nitrogen and oxygen atoms in total. The zero-order valence-corrected chi connectivity index (χ0v) is 19.5. The zero-order valence-electron chi connectivity index (χ0n) is 18.6. The average molecular weight is 483 g/mol. The summed E-state index contributed by atoms with van der Waals surface area (Å²) >= 11 is 1.47. The maximum Gasteiger partial charge on any atom is 0.321 e. The van der Waals surface area contributed by atoms with Crippen molar-refractivity contribution < 1.29 is 18.7 Å². The Bertz CT molecular complexity index is 1380. The molecule has 0 spiro atoms. The number of halogens is 1. The maximum atomic E-state index is 13.9. The molecule has 1 atom stereocenters. The van der Waals surface area contributed by atoms with Gasteiger partial charge in [0, 0.05) is 41.2 Å². The number of hydrogen-bond acceptors (Lipinski definition) is 9. The number of fused-ring (bicyclic) bond motifs is 5. The summed E-state index contributed by atoms with van der Waals surface area (Å²) in [6.45, 7) is 3.26. The van der Waals surface area contributed by atoms with Crippen LogP contribution in [0.3, 0.4) is 0 Å². The summed E-state index contributed by atoms with van der Waals surface area (Å²) in [5.74, 6) is -0.0584. The van der Waals surface area contributed by atoms with E-state index in [0.717, 1.165) is 33.1 Å². The van der Waals surface area contributed by atoms with Gasteiger partial charge in [-0.3, -0.25) is 4.79 Å². The van der Waals surface area contributed by atoms with Crippen LogP contribution < -0.4 is 20.7 Å². The molecule has 0 radical (unpaired) electrons. The van der Waals surface area contributed by atoms with Gasteiger partial charge in [0.2, 0.25) is 5.95 Å². The van der Waals surface area contributed by atoms with Crippen LogP contribution in [0.15, 0.2) is 30.3 Å². The molecule has 1 aliphatic heterocycles. The highest BCUT2D eigenvalue weighted by Gasteiger charge is 2.25. The maximum absolute atomic E-state index is 13.9. The molecule has 1 aromatic carbocycles. The quantitative estimate of drug-likeness (QED) is 0.267. The minimum atomic E-state index is -0.719. The lowest BCUT2D eigenvalue weighted by atomic mass is 10.1. The Labute approximate surface area is 198 Å². The highest BCUT2D eigenvalue weighted by molar-refractivity contribution is 7.21. The summed E-state index contributed by atoms with van der Waals surface area (Å²) in [7, 11) is 1.54. The third kappa shape index (κ3) is 4.31. The highest BCUT2D eigenvalue weighted by Crippen LogP contribution is 2.41. The number of rotatable bonds is 7. The first kappa shape index (κ1) is 22.2. The van der Waals surface area contributed by atoms with E-state index in [4.69, 9.17) is 9.47 Å². The third-order valence-corrected chi connectivity index (χ3v) is 6.68. The molecule has 1 aliphatic rings. The van der Waals surface area contributed by atoms with Gasteiger partial charge in [0.25, 0.3) is 5.91 Å². The number of benzene rings is 1. The lowest BCUT2D eigenvalue weighted by Crippen LogP contribution is -2.36. The molecular weight excluding hydrogens is 459 g/mol. The van der Waals surface area contributed by atoms with Gasteiger partial charge in [0.15, 0.2) is 0 Å². The number of anilines is 3. The van der Waals surface area contributed by atoms with E-state index in [1.165, 1.54) is 17.4 Å². The first-order valence-corrected chi connectivity index (χ1v) is 11.7. The van der Waals surface area contributed by atoms with Gasteiger partial charge in [-0.05, 0) is 30.7 Å². The Kier molecular flexibility index (Phi) is 6.12. The molecule has 4 aromatic rings. The normalized spacial score (nSPS) is 15.5. The van der Waals surface area contributed by atoms with Crippen LogP contribution in [-0.4, -0.2) is 53.8 Å². The minimum Gasteiger partial charge on any atom is -0.461 e. The number of nitrogens with one attached hydrogen (secondary N) is 3. The van der Waals surface area contributed by atoms with Crippen molar-refractivity contribution in [3.05, 3.63) is 41.2 Å². The molecular formula is C23H23FN6O3S. The smallest absolute Gasteiger partial charge is 0.321 e. The number of methoxy groups -OCH3 is 1. The fourth-order valence-electron chi connectivity index (χ4n) is 3.85. The van der Waals surface area contributed by atoms with Crippen molar-refractivity contribution >= 4 is 55.6 Å². The second-order valence-electron chi connectivity index (χ2n) is 7.79. The number of hydrogen-bond donors (Lipinski definition) is 3. The van der Waals surface area contributed by atoms with Gasteiger partial charge in [0.1, 0.15) is 23.1 Å². The molecule has 0 bridgehead atoms. The van der Waals surface area contributed by atoms with Gasteiger partial charge < -0.3 is 25.4 Å². The lowest BCUT2D eigenvalue weighted by Gasteiger charge is -2.13. The Morgan fingerprint density at radius 2 is 2.06 bits per heavy atom. The third-order valence-electron chi connectivity index (χ3n) is 5.53. The van der Waals surface area contributed by atoms with Crippen molar-refractivity contribution in [2.45, 2.75) is 19.4 Å². The van der Waals surface area contributed by atoms with Gasteiger partial charge in [-0.15, -0.1) is 11.3 Å². The number of thiophene rings is 1. The molecule has 34 heavy (non-hydrogen) atoms. The molecule has 0 saturated carbocycles. The lowest BCUT2D eigenvalue weighted by molar-refractivity contribution is 0.0945. The molecule has 0 unspecified atom stereocenters. The van der Waals surface area contributed by atoms with Crippen LogP contribution >= 0.6 is 11.3 Å². The average Bonchev–Trinajstić information content (AvgIpc) is 3.13. The summed E-state index contributed by atoms with van der Waals surface area (Å²) < 4.78 is 25.2. The van der Waals surface area contributed by atoms with Gasteiger partial charge in [-0.2, -0.15) is 14.4 Å². The molecule has 3 N–H and O–H groups in total. The molecule has 176 valence electrons. The molecule has 4 heterocycles. The fraction of sp³-hybridized carbons (Fsp3) is 0.304. The number of pyridine rings is 1. The van der Waals surface area contributed by atoms with Crippen LogP contribution in [0.1, 0.15) is 23.0 Å². The van der Waals surface area contributed by atoms with Crippen LogP contribution in [0.5, 0.6) is 6.01 Å². The monoisotopic (exact) mass is 482 g/mol.